The number of benzene rings is 1. The summed E-state index contributed by atoms with van der Waals surface area (Å²) in [4.78, 5) is 3.85. The van der Waals surface area contributed by atoms with E-state index in [9.17, 15) is 17.6 Å². The number of hydrogen-bond donors (Lipinski definition) is 0. The molecule has 2 aromatic rings. The quantitative estimate of drug-likeness (QED) is 0.563. The SMILES string of the molecule is C#Cc1ccc(-c2cc(C(F)(F)F)ccc2F)nc1. The Bertz CT molecular complexity index is 636. The van der Waals surface area contributed by atoms with Gasteiger partial charge in [0, 0.05) is 17.3 Å². The lowest BCUT2D eigenvalue weighted by molar-refractivity contribution is -0.137. The highest BCUT2D eigenvalue weighted by Gasteiger charge is 2.31. The monoisotopic (exact) mass is 265 g/mol. The third-order valence-electron chi connectivity index (χ3n) is 2.50. The van der Waals surface area contributed by atoms with Crippen LogP contribution < -0.4 is 0 Å². The second kappa shape index (κ2) is 4.73. The van der Waals surface area contributed by atoms with Crippen molar-refractivity contribution in [1.29, 1.82) is 0 Å². The standard InChI is InChI=1S/C14H7F4N/c1-2-9-3-6-13(19-8-9)11-7-10(14(16,17)18)4-5-12(11)15/h1,3-8H. The molecule has 1 aromatic heterocycles. The summed E-state index contributed by atoms with van der Waals surface area (Å²) in [6, 6.07) is 5.06. The Morgan fingerprint density at radius 3 is 2.37 bits per heavy atom. The molecule has 0 aliphatic rings. The predicted molar refractivity (Wildman–Crippen MR) is 62.6 cm³/mol. The zero-order chi connectivity index (χ0) is 14.0. The van der Waals surface area contributed by atoms with Gasteiger partial charge in [-0.2, -0.15) is 13.2 Å². The molecule has 0 saturated heterocycles. The molecule has 0 unspecified atom stereocenters. The minimum absolute atomic E-state index is 0.0996. The Morgan fingerprint density at radius 1 is 1.11 bits per heavy atom. The molecule has 0 aliphatic heterocycles. The minimum Gasteiger partial charge on any atom is -0.255 e. The van der Waals surface area contributed by atoms with Gasteiger partial charge in [-0.15, -0.1) is 6.42 Å². The van der Waals surface area contributed by atoms with Crippen LogP contribution in [0.4, 0.5) is 17.6 Å². The first-order chi connectivity index (χ1) is 8.91. The highest BCUT2D eigenvalue weighted by atomic mass is 19.4. The topological polar surface area (TPSA) is 12.9 Å². The van der Waals surface area contributed by atoms with E-state index in [1.807, 2.05) is 0 Å². The summed E-state index contributed by atoms with van der Waals surface area (Å²) in [5, 5.41) is 0. The van der Waals surface area contributed by atoms with Gasteiger partial charge in [0.25, 0.3) is 0 Å². The molecular formula is C14H7F4N. The van der Waals surface area contributed by atoms with Crippen LogP contribution in [0.1, 0.15) is 11.1 Å². The van der Waals surface area contributed by atoms with E-state index in [2.05, 4.69) is 10.9 Å². The maximum atomic E-state index is 13.6. The fourth-order valence-corrected chi connectivity index (χ4v) is 1.54. The van der Waals surface area contributed by atoms with E-state index in [1.165, 1.54) is 18.3 Å². The second-order valence-electron chi connectivity index (χ2n) is 3.77. The van der Waals surface area contributed by atoms with Crippen LogP contribution in [0.3, 0.4) is 0 Å². The minimum atomic E-state index is -4.53. The molecule has 0 spiro atoms. The summed E-state index contributed by atoms with van der Waals surface area (Å²) in [6.07, 6.45) is 1.91. The molecular weight excluding hydrogens is 258 g/mol. The van der Waals surface area contributed by atoms with Crippen molar-refractivity contribution in [2.45, 2.75) is 6.18 Å². The third-order valence-corrected chi connectivity index (χ3v) is 2.50. The van der Waals surface area contributed by atoms with Crippen molar-refractivity contribution in [1.82, 2.24) is 4.98 Å². The number of nitrogens with zero attached hydrogens (tertiary/aromatic N) is 1. The number of alkyl halides is 3. The zero-order valence-electron chi connectivity index (χ0n) is 9.50. The Labute approximate surface area is 106 Å². The van der Waals surface area contributed by atoms with Gasteiger partial charge in [-0.05, 0) is 30.3 Å². The first kappa shape index (κ1) is 13.1. The first-order valence-electron chi connectivity index (χ1n) is 5.21. The van der Waals surface area contributed by atoms with Gasteiger partial charge in [-0.25, -0.2) is 4.39 Å². The van der Waals surface area contributed by atoms with Gasteiger partial charge in [-0.1, -0.05) is 5.92 Å². The molecule has 0 amide bonds. The van der Waals surface area contributed by atoms with Crippen molar-refractivity contribution in [3.8, 4) is 23.6 Å². The Hall–Kier alpha value is -2.35. The number of pyridine rings is 1. The summed E-state index contributed by atoms with van der Waals surface area (Å²) in [5.74, 6) is 1.55. The summed E-state index contributed by atoms with van der Waals surface area (Å²) in [7, 11) is 0. The van der Waals surface area contributed by atoms with Crippen molar-refractivity contribution in [3.05, 3.63) is 53.5 Å². The Morgan fingerprint density at radius 2 is 1.84 bits per heavy atom. The van der Waals surface area contributed by atoms with Crippen LogP contribution in [0.25, 0.3) is 11.3 Å². The molecule has 1 nitrogen and oxygen atoms in total. The molecule has 96 valence electrons. The van der Waals surface area contributed by atoms with E-state index in [0.717, 1.165) is 12.1 Å². The molecule has 0 fully saturated rings. The molecule has 0 atom stereocenters. The molecule has 1 heterocycles. The maximum Gasteiger partial charge on any atom is 0.416 e. The van der Waals surface area contributed by atoms with Crippen LogP contribution in [0, 0.1) is 18.2 Å². The van der Waals surface area contributed by atoms with Crippen LogP contribution in [0.2, 0.25) is 0 Å². The molecule has 5 heteroatoms. The molecule has 1 aromatic carbocycles. The molecule has 0 radical (unpaired) electrons. The lowest BCUT2D eigenvalue weighted by Crippen LogP contribution is -2.05. The summed E-state index contributed by atoms with van der Waals surface area (Å²) < 4.78 is 51.3. The highest BCUT2D eigenvalue weighted by molar-refractivity contribution is 5.61. The summed E-state index contributed by atoms with van der Waals surface area (Å²) >= 11 is 0. The van der Waals surface area contributed by atoms with Crippen molar-refractivity contribution >= 4 is 0 Å². The fourth-order valence-electron chi connectivity index (χ4n) is 1.54. The second-order valence-corrected chi connectivity index (χ2v) is 3.77. The first-order valence-corrected chi connectivity index (χ1v) is 5.21. The summed E-state index contributed by atoms with van der Waals surface area (Å²) in [5.41, 5.74) is -0.566. The molecule has 0 N–H and O–H groups in total. The number of hydrogen-bond acceptors (Lipinski definition) is 1. The highest BCUT2D eigenvalue weighted by Crippen LogP contribution is 2.32. The van der Waals surface area contributed by atoms with Crippen molar-refractivity contribution in [2.24, 2.45) is 0 Å². The fraction of sp³-hybridized carbons (Fsp3) is 0.0714. The van der Waals surface area contributed by atoms with Crippen LogP contribution >= 0.6 is 0 Å². The lowest BCUT2D eigenvalue weighted by Gasteiger charge is -2.09. The smallest absolute Gasteiger partial charge is 0.255 e. The number of halogens is 4. The predicted octanol–water partition coefficient (Wildman–Crippen LogP) is 3.89. The third kappa shape index (κ3) is 2.74. The maximum absolute atomic E-state index is 13.6. The van der Waals surface area contributed by atoms with Crippen LogP contribution in [0.15, 0.2) is 36.5 Å². The van der Waals surface area contributed by atoms with E-state index >= 15 is 0 Å². The van der Waals surface area contributed by atoms with Gasteiger partial charge in [0.1, 0.15) is 5.82 Å². The molecule has 0 aliphatic carbocycles. The largest absolute Gasteiger partial charge is 0.416 e. The van der Waals surface area contributed by atoms with Gasteiger partial charge < -0.3 is 0 Å². The molecule has 0 bridgehead atoms. The van der Waals surface area contributed by atoms with E-state index in [1.54, 1.807) is 0 Å². The summed E-state index contributed by atoms with van der Waals surface area (Å²) in [6.45, 7) is 0. The van der Waals surface area contributed by atoms with Crippen molar-refractivity contribution in [3.63, 3.8) is 0 Å². The molecule has 19 heavy (non-hydrogen) atoms. The van der Waals surface area contributed by atoms with Crippen molar-refractivity contribution in [2.75, 3.05) is 0 Å². The van der Waals surface area contributed by atoms with Crippen LogP contribution in [-0.2, 0) is 6.18 Å². The van der Waals surface area contributed by atoms with Gasteiger partial charge in [0.05, 0.1) is 11.3 Å². The van der Waals surface area contributed by atoms with Crippen LogP contribution in [-0.4, -0.2) is 4.98 Å². The number of aromatic nitrogens is 1. The molecule has 2 rings (SSSR count). The average molecular weight is 265 g/mol. The van der Waals surface area contributed by atoms with Crippen LogP contribution in [0.5, 0.6) is 0 Å². The Balaban J connectivity index is 2.52. The number of rotatable bonds is 1. The zero-order valence-corrected chi connectivity index (χ0v) is 9.50. The normalized spacial score (nSPS) is 11.1. The van der Waals surface area contributed by atoms with Gasteiger partial charge in [-0.3, -0.25) is 4.98 Å². The van der Waals surface area contributed by atoms with Gasteiger partial charge in [0.15, 0.2) is 0 Å². The Kier molecular flexibility index (Phi) is 3.26. The molecule has 0 saturated carbocycles. The van der Waals surface area contributed by atoms with Gasteiger partial charge >= 0.3 is 6.18 Å². The van der Waals surface area contributed by atoms with E-state index in [-0.39, 0.29) is 11.3 Å². The number of terminal acetylenes is 1. The lowest BCUT2D eigenvalue weighted by atomic mass is 10.1. The van der Waals surface area contributed by atoms with Gasteiger partial charge in [0.2, 0.25) is 0 Å². The van der Waals surface area contributed by atoms with E-state index < -0.39 is 17.6 Å². The van der Waals surface area contributed by atoms with E-state index in [4.69, 9.17) is 6.42 Å². The van der Waals surface area contributed by atoms with E-state index in [0.29, 0.717) is 11.6 Å². The average Bonchev–Trinajstić information content (AvgIpc) is 2.38. The van der Waals surface area contributed by atoms with Crippen molar-refractivity contribution < 1.29 is 17.6 Å².